The van der Waals surface area contributed by atoms with Crippen molar-refractivity contribution in [1.82, 2.24) is 0 Å². The summed E-state index contributed by atoms with van der Waals surface area (Å²) in [6.45, 7) is 2.20. The Morgan fingerprint density at radius 2 is 2.06 bits per heavy atom. The first kappa shape index (κ1) is 12.4. The van der Waals surface area contributed by atoms with Crippen molar-refractivity contribution in [2.24, 2.45) is 0 Å². The van der Waals surface area contributed by atoms with Gasteiger partial charge in [0.2, 0.25) is 0 Å². The number of nitrogens with zero attached hydrogens (tertiary/aromatic N) is 1. The lowest BCUT2D eigenvalue weighted by Gasteiger charge is -2.20. The Balaban J connectivity index is 2.92. The van der Waals surface area contributed by atoms with Crippen LogP contribution >= 0.6 is 0 Å². The van der Waals surface area contributed by atoms with Crippen LogP contribution in [-0.2, 0) is 9.53 Å². The number of hydrogen-bond donors (Lipinski definition) is 0. The SMILES string of the molecule is COC(=O)CN(C)c1cc(C)ccc1OC. The van der Waals surface area contributed by atoms with Crippen molar-refractivity contribution < 1.29 is 14.3 Å². The molecule has 16 heavy (non-hydrogen) atoms. The second-order valence-corrected chi connectivity index (χ2v) is 3.61. The van der Waals surface area contributed by atoms with Crippen LogP contribution in [0.5, 0.6) is 5.75 Å². The van der Waals surface area contributed by atoms with Gasteiger partial charge in [0, 0.05) is 7.05 Å². The molecule has 4 heteroatoms. The summed E-state index contributed by atoms with van der Waals surface area (Å²) in [7, 11) is 4.82. The van der Waals surface area contributed by atoms with E-state index in [1.165, 1.54) is 7.11 Å². The highest BCUT2D eigenvalue weighted by molar-refractivity contribution is 5.76. The predicted octanol–water partition coefficient (Wildman–Crippen LogP) is 1.61. The number of carbonyl (C=O) groups excluding carboxylic acids is 1. The molecule has 0 aliphatic rings. The molecule has 0 fully saturated rings. The number of rotatable bonds is 4. The summed E-state index contributed by atoms with van der Waals surface area (Å²) in [4.78, 5) is 13.0. The van der Waals surface area contributed by atoms with Gasteiger partial charge >= 0.3 is 5.97 Å². The molecule has 0 amide bonds. The molecule has 0 N–H and O–H groups in total. The fourth-order valence-corrected chi connectivity index (χ4v) is 1.44. The van der Waals surface area contributed by atoms with Gasteiger partial charge in [-0.2, -0.15) is 0 Å². The van der Waals surface area contributed by atoms with Gasteiger partial charge in [0.1, 0.15) is 12.3 Å². The Kier molecular flexibility index (Phi) is 4.17. The van der Waals surface area contributed by atoms with E-state index in [9.17, 15) is 4.79 Å². The van der Waals surface area contributed by atoms with Crippen molar-refractivity contribution in [2.75, 3.05) is 32.7 Å². The van der Waals surface area contributed by atoms with E-state index in [2.05, 4.69) is 4.74 Å². The summed E-state index contributed by atoms with van der Waals surface area (Å²) in [5, 5.41) is 0. The molecule has 0 atom stereocenters. The molecule has 1 aromatic rings. The molecule has 0 aromatic heterocycles. The topological polar surface area (TPSA) is 38.8 Å². The maximum absolute atomic E-state index is 11.2. The van der Waals surface area contributed by atoms with Crippen LogP contribution in [0.1, 0.15) is 5.56 Å². The summed E-state index contributed by atoms with van der Waals surface area (Å²) in [6.07, 6.45) is 0. The second kappa shape index (κ2) is 5.39. The maximum atomic E-state index is 11.2. The standard InChI is InChI=1S/C12H17NO3/c1-9-5-6-11(15-3)10(7-9)13(2)8-12(14)16-4/h5-7H,8H2,1-4H3. The number of likely N-dealkylation sites (N-methyl/N-ethyl adjacent to an activating group) is 1. The van der Waals surface area contributed by atoms with E-state index in [0.717, 1.165) is 17.0 Å². The van der Waals surface area contributed by atoms with Crippen molar-refractivity contribution in [3.05, 3.63) is 23.8 Å². The quantitative estimate of drug-likeness (QED) is 0.727. The van der Waals surface area contributed by atoms with E-state index >= 15 is 0 Å². The molecule has 88 valence electrons. The van der Waals surface area contributed by atoms with Gasteiger partial charge in [-0.25, -0.2) is 0 Å². The third-order valence-corrected chi connectivity index (χ3v) is 2.34. The van der Waals surface area contributed by atoms with E-state index in [1.807, 2.05) is 32.2 Å². The largest absolute Gasteiger partial charge is 0.495 e. The van der Waals surface area contributed by atoms with Gasteiger partial charge in [0.25, 0.3) is 0 Å². The summed E-state index contributed by atoms with van der Waals surface area (Å²) in [5.41, 5.74) is 2.00. The van der Waals surface area contributed by atoms with Crippen LogP contribution in [0.2, 0.25) is 0 Å². The number of aryl methyl sites for hydroxylation is 1. The van der Waals surface area contributed by atoms with Gasteiger partial charge in [-0.1, -0.05) is 6.07 Å². The lowest BCUT2D eigenvalue weighted by Crippen LogP contribution is -2.26. The van der Waals surface area contributed by atoms with Gasteiger partial charge in [-0.05, 0) is 24.6 Å². The normalized spacial score (nSPS) is 9.75. The molecule has 4 nitrogen and oxygen atoms in total. The summed E-state index contributed by atoms with van der Waals surface area (Å²) in [6, 6.07) is 5.83. The van der Waals surface area contributed by atoms with Gasteiger partial charge < -0.3 is 14.4 Å². The van der Waals surface area contributed by atoms with Gasteiger partial charge in [0.05, 0.1) is 19.9 Å². The number of esters is 1. The van der Waals surface area contributed by atoms with Crippen LogP contribution < -0.4 is 9.64 Å². The molecule has 0 unspecified atom stereocenters. The summed E-state index contributed by atoms with van der Waals surface area (Å²) < 4.78 is 9.87. The van der Waals surface area contributed by atoms with E-state index in [1.54, 1.807) is 12.0 Å². The number of benzene rings is 1. The van der Waals surface area contributed by atoms with Crippen LogP contribution in [0.15, 0.2) is 18.2 Å². The highest BCUT2D eigenvalue weighted by Crippen LogP contribution is 2.28. The van der Waals surface area contributed by atoms with Crippen molar-refractivity contribution in [3.63, 3.8) is 0 Å². The minimum Gasteiger partial charge on any atom is -0.495 e. The molecule has 0 heterocycles. The molecule has 0 saturated carbocycles. The average Bonchev–Trinajstić information content (AvgIpc) is 2.28. The van der Waals surface area contributed by atoms with Gasteiger partial charge in [-0.3, -0.25) is 4.79 Å². The number of hydrogen-bond acceptors (Lipinski definition) is 4. The van der Waals surface area contributed by atoms with E-state index in [4.69, 9.17) is 4.74 Å². The molecule has 0 aliphatic carbocycles. The smallest absolute Gasteiger partial charge is 0.325 e. The minimum atomic E-state index is -0.272. The van der Waals surface area contributed by atoms with Crippen molar-refractivity contribution in [2.45, 2.75) is 6.92 Å². The Hall–Kier alpha value is -1.71. The van der Waals surface area contributed by atoms with E-state index in [-0.39, 0.29) is 12.5 Å². The first-order valence-corrected chi connectivity index (χ1v) is 5.01. The lowest BCUT2D eigenvalue weighted by molar-refractivity contribution is -0.138. The molecular formula is C12H17NO3. The lowest BCUT2D eigenvalue weighted by atomic mass is 10.2. The summed E-state index contributed by atoms with van der Waals surface area (Å²) >= 11 is 0. The predicted molar refractivity (Wildman–Crippen MR) is 63.0 cm³/mol. The van der Waals surface area contributed by atoms with Crippen LogP contribution in [0, 0.1) is 6.92 Å². The highest BCUT2D eigenvalue weighted by Gasteiger charge is 2.11. The van der Waals surface area contributed by atoms with Gasteiger partial charge in [-0.15, -0.1) is 0 Å². The average molecular weight is 223 g/mol. The zero-order valence-corrected chi connectivity index (χ0v) is 10.1. The van der Waals surface area contributed by atoms with E-state index < -0.39 is 0 Å². The Morgan fingerprint density at radius 3 is 2.62 bits per heavy atom. The zero-order chi connectivity index (χ0) is 12.1. The molecule has 1 rings (SSSR count). The molecular weight excluding hydrogens is 206 g/mol. The first-order valence-electron chi connectivity index (χ1n) is 5.01. The third kappa shape index (κ3) is 2.89. The third-order valence-electron chi connectivity index (χ3n) is 2.34. The Labute approximate surface area is 95.8 Å². The second-order valence-electron chi connectivity index (χ2n) is 3.61. The molecule has 0 spiro atoms. The maximum Gasteiger partial charge on any atom is 0.325 e. The fraction of sp³-hybridized carbons (Fsp3) is 0.417. The van der Waals surface area contributed by atoms with Crippen molar-refractivity contribution in [1.29, 1.82) is 0 Å². The van der Waals surface area contributed by atoms with Crippen molar-refractivity contribution >= 4 is 11.7 Å². The van der Waals surface area contributed by atoms with E-state index in [0.29, 0.717) is 0 Å². The molecule has 0 saturated heterocycles. The fourth-order valence-electron chi connectivity index (χ4n) is 1.44. The Morgan fingerprint density at radius 1 is 1.38 bits per heavy atom. The molecule has 0 radical (unpaired) electrons. The van der Waals surface area contributed by atoms with Crippen LogP contribution in [0.4, 0.5) is 5.69 Å². The zero-order valence-electron chi connectivity index (χ0n) is 10.1. The minimum absolute atomic E-state index is 0.205. The number of ether oxygens (including phenoxy) is 2. The van der Waals surface area contributed by atoms with Crippen molar-refractivity contribution in [3.8, 4) is 5.75 Å². The summed E-state index contributed by atoms with van der Waals surface area (Å²) in [5.74, 6) is 0.475. The highest BCUT2D eigenvalue weighted by atomic mass is 16.5. The first-order chi connectivity index (χ1) is 7.58. The van der Waals surface area contributed by atoms with Crippen LogP contribution in [-0.4, -0.2) is 33.8 Å². The Bertz CT molecular complexity index is 377. The monoisotopic (exact) mass is 223 g/mol. The van der Waals surface area contributed by atoms with Crippen LogP contribution in [0.25, 0.3) is 0 Å². The number of carbonyl (C=O) groups is 1. The number of anilines is 1. The molecule has 0 bridgehead atoms. The van der Waals surface area contributed by atoms with Crippen LogP contribution in [0.3, 0.4) is 0 Å². The van der Waals surface area contributed by atoms with Gasteiger partial charge in [0.15, 0.2) is 0 Å². The number of methoxy groups -OCH3 is 2. The molecule has 1 aromatic carbocycles. The molecule has 0 aliphatic heterocycles.